The topological polar surface area (TPSA) is 115 Å². The monoisotopic (exact) mass is 421 g/mol. The minimum Gasteiger partial charge on any atom is -0.493 e. The summed E-state index contributed by atoms with van der Waals surface area (Å²) in [6, 6.07) is 13.2. The molecule has 150 valence electrons. The number of non-ortho nitro benzene ring substituents is 1. The number of rotatable bonds is 6. The van der Waals surface area contributed by atoms with Crippen molar-refractivity contribution in [1.29, 1.82) is 5.26 Å². The summed E-state index contributed by atoms with van der Waals surface area (Å²) >= 11 is 1.26. The predicted octanol–water partition coefficient (Wildman–Crippen LogP) is 4.72. The lowest BCUT2D eigenvalue weighted by atomic mass is 10.1. The van der Waals surface area contributed by atoms with E-state index in [4.69, 9.17) is 9.47 Å². The molecule has 0 amide bonds. The molecule has 1 aromatic heterocycles. The summed E-state index contributed by atoms with van der Waals surface area (Å²) < 4.78 is 10.3. The van der Waals surface area contributed by atoms with Gasteiger partial charge in [0.15, 0.2) is 11.5 Å². The van der Waals surface area contributed by atoms with Crippen LogP contribution in [-0.2, 0) is 4.79 Å². The first-order valence-corrected chi connectivity index (χ1v) is 9.48. The van der Waals surface area contributed by atoms with Crippen LogP contribution in [0.4, 0.5) is 5.69 Å². The minimum atomic E-state index is -0.468. The number of nitriles is 1. The highest BCUT2D eigenvalue weighted by molar-refractivity contribution is 7.11. The minimum absolute atomic E-state index is 0.0296. The fourth-order valence-corrected chi connectivity index (χ4v) is 3.43. The summed E-state index contributed by atoms with van der Waals surface area (Å²) in [5, 5.41) is 22.8. The summed E-state index contributed by atoms with van der Waals surface area (Å²) in [4.78, 5) is 26.1. The van der Waals surface area contributed by atoms with Gasteiger partial charge in [-0.2, -0.15) is 5.26 Å². The molecule has 0 saturated carbocycles. The molecule has 8 nitrogen and oxygen atoms in total. The summed E-state index contributed by atoms with van der Waals surface area (Å²) in [5.74, 6) is 0.168. The van der Waals surface area contributed by atoms with E-state index < -0.39 is 10.9 Å². The molecule has 0 aliphatic heterocycles. The highest BCUT2D eigenvalue weighted by atomic mass is 32.1. The van der Waals surface area contributed by atoms with Crippen molar-refractivity contribution in [2.24, 2.45) is 0 Å². The number of aromatic nitrogens is 1. The molecular formula is C21H15N3O5S. The molecule has 0 unspecified atom stereocenters. The van der Waals surface area contributed by atoms with E-state index in [-0.39, 0.29) is 11.4 Å². The Balaban J connectivity index is 1.93. The molecule has 2 aromatic carbocycles. The van der Waals surface area contributed by atoms with Crippen molar-refractivity contribution in [1.82, 2.24) is 4.98 Å². The van der Waals surface area contributed by atoms with E-state index in [0.717, 1.165) is 0 Å². The Morgan fingerprint density at radius 1 is 1.27 bits per heavy atom. The van der Waals surface area contributed by atoms with E-state index in [0.29, 0.717) is 33.2 Å². The number of hydrogen-bond donors (Lipinski definition) is 0. The van der Waals surface area contributed by atoms with Crippen LogP contribution in [0.5, 0.6) is 11.5 Å². The van der Waals surface area contributed by atoms with Crippen molar-refractivity contribution in [2.75, 3.05) is 7.11 Å². The number of esters is 1. The number of carbonyl (C=O) groups excluding carboxylic acids is 1. The van der Waals surface area contributed by atoms with Gasteiger partial charge in [-0.1, -0.05) is 18.2 Å². The van der Waals surface area contributed by atoms with Gasteiger partial charge >= 0.3 is 5.97 Å². The second-order valence-corrected chi connectivity index (χ2v) is 6.88. The summed E-state index contributed by atoms with van der Waals surface area (Å²) in [7, 11) is 1.45. The fourth-order valence-electron chi connectivity index (χ4n) is 2.63. The molecule has 0 N–H and O–H groups in total. The third kappa shape index (κ3) is 4.68. The second kappa shape index (κ2) is 8.98. The van der Waals surface area contributed by atoms with Crippen LogP contribution in [0.3, 0.4) is 0 Å². The summed E-state index contributed by atoms with van der Waals surface area (Å²) in [6.45, 7) is 1.29. The van der Waals surface area contributed by atoms with Crippen molar-refractivity contribution in [3.63, 3.8) is 0 Å². The SMILES string of the molecule is COc1cc(/C=C(\C#N)c2nc(-c3cccc([N+](=O)[O-])c3)cs2)ccc1OC(C)=O. The molecule has 30 heavy (non-hydrogen) atoms. The van der Waals surface area contributed by atoms with Crippen LogP contribution >= 0.6 is 11.3 Å². The zero-order valence-corrected chi connectivity index (χ0v) is 16.8. The first-order valence-electron chi connectivity index (χ1n) is 8.60. The molecule has 3 rings (SSSR count). The van der Waals surface area contributed by atoms with E-state index in [2.05, 4.69) is 11.1 Å². The van der Waals surface area contributed by atoms with Crippen LogP contribution in [0.15, 0.2) is 47.8 Å². The van der Waals surface area contributed by atoms with E-state index in [1.165, 1.54) is 37.5 Å². The van der Waals surface area contributed by atoms with Gasteiger partial charge in [-0.25, -0.2) is 4.98 Å². The van der Waals surface area contributed by atoms with Gasteiger partial charge in [-0.05, 0) is 23.8 Å². The third-order valence-electron chi connectivity index (χ3n) is 3.96. The number of nitrogens with zero attached hydrogens (tertiary/aromatic N) is 3. The number of nitro groups is 1. The van der Waals surface area contributed by atoms with Gasteiger partial charge in [0, 0.05) is 30.0 Å². The van der Waals surface area contributed by atoms with Gasteiger partial charge in [-0.3, -0.25) is 14.9 Å². The molecule has 0 fully saturated rings. The lowest BCUT2D eigenvalue weighted by molar-refractivity contribution is -0.384. The molecule has 0 radical (unpaired) electrons. The van der Waals surface area contributed by atoms with Crippen LogP contribution in [0.2, 0.25) is 0 Å². The molecule has 3 aromatic rings. The second-order valence-electron chi connectivity index (χ2n) is 6.02. The Hall–Kier alpha value is -4.03. The standard InChI is InChI=1S/C21H15N3O5S/c1-13(25)29-19-7-6-14(9-20(19)28-2)8-16(11-22)21-23-18(12-30-21)15-4-3-5-17(10-15)24(26)27/h3-10,12H,1-2H3/b16-8+. The van der Waals surface area contributed by atoms with Crippen LogP contribution < -0.4 is 9.47 Å². The van der Waals surface area contributed by atoms with Gasteiger partial charge in [0.25, 0.3) is 5.69 Å². The number of thiazole rings is 1. The molecule has 0 aliphatic rings. The smallest absolute Gasteiger partial charge is 0.308 e. The molecular weight excluding hydrogens is 406 g/mol. The molecule has 0 atom stereocenters. The number of ether oxygens (including phenoxy) is 2. The van der Waals surface area contributed by atoms with E-state index >= 15 is 0 Å². The van der Waals surface area contributed by atoms with Gasteiger partial charge < -0.3 is 9.47 Å². The van der Waals surface area contributed by atoms with Crippen LogP contribution in [0.25, 0.3) is 22.9 Å². The van der Waals surface area contributed by atoms with Crippen LogP contribution in [-0.4, -0.2) is 23.0 Å². The van der Waals surface area contributed by atoms with E-state index in [9.17, 15) is 20.2 Å². The van der Waals surface area contributed by atoms with Crippen LogP contribution in [0.1, 0.15) is 17.5 Å². The Bertz CT molecular complexity index is 1190. The van der Waals surface area contributed by atoms with Crippen molar-refractivity contribution in [3.8, 4) is 28.8 Å². The van der Waals surface area contributed by atoms with Gasteiger partial charge in [-0.15, -0.1) is 11.3 Å². The molecule has 9 heteroatoms. The van der Waals surface area contributed by atoms with E-state index in [1.807, 2.05) is 0 Å². The maximum absolute atomic E-state index is 11.2. The normalized spacial score (nSPS) is 10.9. The Kier molecular flexibility index (Phi) is 6.20. The number of nitro benzene ring substituents is 1. The van der Waals surface area contributed by atoms with Gasteiger partial charge in [0.05, 0.1) is 23.3 Å². The highest BCUT2D eigenvalue weighted by Crippen LogP contribution is 2.32. The Morgan fingerprint density at radius 2 is 2.07 bits per heavy atom. The third-order valence-corrected chi connectivity index (χ3v) is 4.84. The number of hydrogen-bond acceptors (Lipinski definition) is 8. The molecule has 0 aliphatic carbocycles. The van der Waals surface area contributed by atoms with Crippen molar-refractivity contribution >= 4 is 34.6 Å². The largest absolute Gasteiger partial charge is 0.493 e. The zero-order valence-electron chi connectivity index (χ0n) is 16.0. The first kappa shape index (κ1) is 20.7. The first-order chi connectivity index (χ1) is 14.4. The molecule has 0 bridgehead atoms. The number of allylic oxidation sites excluding steroid dienone is 1. The number of benzene rings is 2. The summed E-state index contributed by atoms with van der Waals surface area (Å²) in [6.07, 6.45) is 1.64. The molecule has 0 saturated heterocycles. The lowest BCUT2D eigenvalue weighted by Crippen LogP contribution is -2.03. The van der Waals surface area contributed by atoms with Gasteiger partial charge in [0.1, 0.15) is 11.1 Å². The van der Waals surface area contributed by atoms with Crippen molar-refractivity contribution in [3.05, 3.63) is 68.5 Å². The molecule has 1 heterocycles. The lowest BCUT2D eigenvalue weighted by Gasteiger charge is -2.08. The maximum Gasteiger partial charge on any atom is 0.308 e. The summed E-state index contributed by atoms with van der Waals surface area (Å²) in [5.41, 5.74) is 2.09. The highest BCUT2D eigenvalue weighted by Gasteiger charge is 2.13. The number of methoxy groups -OCH3 is 1. The Morgan fingerprint density at radius 3 is 2.73 bits per heavy atom. The molecule has 0 spiro atoms. The van der Waals surface area contributed by atoms with Crippen molar-refractivity contribution in [2.45, 2.75) is 6.92 Å². The van der Waals surface area contributed by atoms with Crippen LogP contribution in [0, 0.1) is 21.4 Å². The average molecular weight is 421 g/mol. The quantitative estimate of drug-likeness (QED) is 0.186. The van der Waals surface area contributed by atoms with E-state index in [1.54, 1.807) is 41.8 Å². The van der Waals surface area contributed by atoms with Crippen molar-refractivity contribution < 1.29 is 19.2 Å². The predicted molar refractivity (Wildman–Crippen MR) is 112 cm³/mol. The zero-order chi connectivity index (χ0) is 21.7. The number of carbonyl (C=O) groups is 1. The maximum atomic E-state index is 11.2. The Labute approximate surface area is 175 Å². The average Bonchev–Trinajstić information content (AvgIpc) is 3.22. The van der Waals surface area contributed by atoms with Gasteiger partial charge in [0.2, 0.25) is 0 Å². The fraction of sp³-hybridized carbons (Fsp3) is 0.0952.